The summed E-state index contributed by atoms with van der Waals surface area (Å²) < 4.78 is 0. The molecule has 2 aromatic rings. The molecule has 0 atom stereocenters. The van der Waals surface area contributed by atoms with E-state index in [4.69, 9.17) is 0 Å². The summed E-state index contributed by atoms with van der Waals surface area (Å²) in [6.07, 6.45) is 0. The van der Waals surface area contributed by atoms with Crippen molar-refractivity contribution in [1.82, 2.24) is 0 Å². The third-order valence-electron chi connectivity index (χ3n) is 3.63. The smallest absolute Gasteiger partial charge is 0.392 e. The number of fused-ring (bicyclic) bond motifs is 2. The molecule has 0 radical (unpaired) electrons. The molecule has 120 valence electrons. The number of carbonyl (C=O) groups is 2. The summed E-state index contributed by atoms with van der Waals surface area (Å²) in [5.41, 5.74) is -4.81. The predicted octanol–water partition coefficient (Wildman–Crippen LogP) is 1.69. The fourth-order valence-corrected chi connectivity index (χ4v) is 2.63. The molecule has 1 aliphatic carbocycles. The lowest BCUT2D eigenvalue weighted by atomic mass is 9.82. The highest BCUT2D eigenvalue weighted by molar-refractivity contribution is 6.31. The van der Waals surface area contributed by atoms with Crippen molar-refractivity contribution in [3.8, 4) is 11.5 Å². The Kier molecular flexibility index (Phi) is 3.04. The zero-order valence-corrected chi connectivity index (χ0v) is 11.5. The number of aromatic hydroxyl groups is 2. The maximum Gasteiger partial charge on any atom is 0.392 e. The molecule has 1 aliphatic rings. The first-order valence-corrected chi connectivity index (χ1v) is 6.36. The van der Waals surface area contributed by atoms with Crippen molar-refractivity contribution >= 4 is 22.9 Å². The van der Waals surface area contributed by atoms with Gasteiger partial charge in [-0.15, -0.1) is 0 Å². The standard InChI is InChI=1S/C14H6N2O8/c17-11-5-3-1-2-4-6(5)12(18)8-7(11)13(19)9(15(21)22)10(14(8)20)16(23)24/h1-4,19-20H. The minimum atomic E-state index is -1.45. The molecule has 24 heavy (non-hydrogen) atoms. The summed E-state index contributed by atoms with van der Waals surface area (Å²) in [6, 6.07) is 5.40. The molecular weight excluding hydrogens is 324 g/mol. The van der Waals surface area contributed by atoms with E-state index in [0.717, 1.165) is 0 Å². The number of phenols is 2. The third-order valence-corrected chi connectivity index (χ3v) is 3.63. The van der Waals surface area contributed by atoms with Gasteiger partial charge >= 0.3 is 11.4 Å². The van der Waals surface area contributed by atoms with Crippen molar-refractivity contribution in [2.75, 3.05) is 0 Å². The fraction of sp³-hybridized carbons (Fsp3) is 0. The van der Waals surface area contributed by atoms with Crippen LogP contribution in [0.3, 0.4) is 0 Å². The van der Waals surface area contributed by atoms with Gasteiger partial charge in [0.25, 0.3) is 0 Å². The highest BCUT2D eigenvalue weighted by atomic mass is 16.6. The van der Waals surface area contributed by atoms with E-state index in [9.17, 15) is 40.0 Å². The normalized spacial score (nSPS) is 12.5. The van der Waals surface area contributed by atoms with E-state index in [1.54, 1.807) is 0 Å². The molecule has 0 amide bonds. The van der Waals surface area contributed by atoms with Crippen LogP contribution in [0.25, 0.3) is 0 Å². The number of nitrogens with zero attached hydrogens (tertiary/aromatic N) is 2. The Morgan fingerprint density at radius 2 is 1.08 bits per heavy atom. The Balaban J connectivity index is 2.50. The van der Waals surface area contributed by atoms with Crippen LogP contribution < -0.4 is 0 Å². The highest BCUT2D eigenvalue weighted by Crippen LogP contribution is 2.50. The number of carbonyl (C=O) groups excluding carboxylic acids is 2. The number of nitro groups is 2. The maximum absolute atomic E-state index is 12.5. The van der Waals surface area contributed by atoms with Crippen LogP contribution in [0.15, 0.2) is 24.3 Å². The van der Waals surface area contributed by atoms with Gasteiger partial charge in [-0.1, -0.05) is 24.3 Å². The zero-order valence-electron chi connectivity index (χ0n) is 11.5. The second-order valence-electron chi connectivity index (χ2n) is 4.86. The molecule has 0 aromatic heterocycles. The summed E-state index contributed by atoms with van der Waals surface area (Å²) in [7, 11) is 0. The molecule has 0 spiro atoms. The third kappa shape index (κ3) is 1.76. The molecule has 0 aliphatic heterocycles. The van der Waals surface area contributed by atoms with Gasteiger partial charge in [0, 0.05) is 11.1 Å². The van der Waals surface area contributed by atoms with E-state index >= 15 is 0 Å². The molecule has 2 aromatic carbocycles. The van der Waals surface area contributed by atoms with Crippen molar-refractivity contribution in [3.63, 3.8) is 0 Å². The lowest BCUT2D eigenvalue weighted by molar-refractivity contribution is -0.423. The van der Waals surface area contributed by atoms with Crippen LogP contribution >= 0.6 is 0 Å². The average Bonchev–Trinajstić information content (AvgIpc) is 2.53. The molecule has 10 nitrogen and oxygen atoms in total. The second-order valence-corrected chi connectivity index (χ2v) is 4.86. The number of phenolic OH excluding ortho intramolecular Hbond substituents is 2. The van der Waals surface area contributed by atoms with Gasteiger partial charge in [-0.3, -0.25) is 29.8 Å². The van der Waals surface area contributed by atoms with E-state index in [-0.39, 0.29) is 11.1 Å². The van der Waals surface area contributed by atoms with Crippen LogP contribution in [0.2, 0.25) is 0 Å². The van der Waals surface area contributed by atoms with Crippen LogP contribution in [0.1, 0.15) is 31.8 Å². The monoisotopic (exact) mass is 330 g/mol. The van der Waals surface area contributed by atoms with Crippen LogP contribution in [-0.2, 0) is 0 Å². The summed E-state index contributed by atoms with van der Waals surface area (Å²) in [6.45, 7) is 0. The first kappa shape index (κ1) is 15.1. The molecule has 0 bridgehead atoms. The number of nitro benzene ring substituents is 2. The molecule has 3 rings (SSSR count). The molecule has 0 saturated carbocycles. The SMILES string of the molecule is O=C1c2ccccc2C(=O)c2c(O)c([N+](=O)[O-])c([N+](=O)[O-])c(O)c21. The molecule has 10 heteroatoms. The van der Waals surface area contributed by atoms with Crippen molar-refractivity contribution in [2.45, 2.75) is 0 Å². The molecule has 2 N–H and O–H groups in total. The van der Waals surface area contributed by atoms with Gasteiger partial charge < -0.3 is 10.2 Å². The highest BCUT2D eigenvalue weighted by Gasteiger charge is 2.45. The summed E-state index contributed by atoms with van der Waals surface area (Å²) in [5, 5.41) is 42.2. The minimum Gasteiger partial charge on any atom is -0.501 e. The number of rotatable bonds is 2. The van der Waals surface area contributed by atoms with Crippen LogP contribution in [0.4, 0.5) is 11.4 Å². The van der Waals surface area contributed by atoms with Gasteiger partial charge in [0.2, 0.25) is 11.5 Å². The lowest BCUT2D eigenvalue weighted by Crippen LogP contribution is -2.22. The van der Waals surface area contributed by atoms with Gasteiger partial charge in [-0.2, -0.15) is 0 Å². The number of hydrogen-bond acceptors (Lipinski definition) is 8. The van der Waals surface area contributed by atoms with E-state index in [2.05, 4.69) is 0 Å². The average molecular weight is 330 g/mol. The number of hydrogen-bond donors (Lipinski definition) is 2. The summed E-state index contributed by atoms with van der Waals surface area (Å²) in [4.78, 5) is 44.4. The van der Waals surface area contributed by atoms with Crippen LogP contribution in [0.5, 0.6) is 11.5 Å². The molecule has 0 saturated heterocycles. The van der Waals surface area contributed by atoms with E-state index in [1.807, 2.05) is 0 Å². The number of ketones is 2. The van der Waals surface area contributed by atoms with Gasteiger partial charge in [0.05, 0.1) is 21.0 Å². The lowest BCUT2D eigenvalue weighted by Gasteiger charge is -2.18. The van der Waals surface area contributed by atoms with Crippen LogP contribution in [-0.4, -0.2) is 31.6 Å². The topological polar surface area (TPSA) is 161 Å². The molecule has 0 fully saturated rings. The van der Waals surface area contributed by atoms with Crippen molar-refractivity contribution < 1.29 is 29.6 Å². The van der Waals surface area contributed by atoms with Gasteiger partial charge in [0.1, 0.15) is 0 Å². The first-order chi connectivity index (χ1) is 11.3. The predicted molar refractivity (Wildman–Crippen MR) is 76.4 cm³/mol. The minimum absolute atomic E-state index is 0.132. The zero-order chi connectivity index (χ0) is 17.8. The van der Waals surface area contributed by atoms with Crippen molar-refractivity contribution in [3.05, 3.63) is 66.7 Å². The second kappa shape index (κ2) is 4.84. The Hall–Kier alpha value is -3.82. The molecule has 0 heterocycles. The largest absolute Gasteiger partial charge is 0.501 e. The van der Waals surface area contributed by atoms with Gasteiger partial charge in [0.15, 0.2) is 11.6 Å². The van der Waals surface area contributed by atoms with Crippen molar-refractivity contribution in [1.29, 1.82) is 0 Å². The molecule has 0 unspecified atom stereocenters. The fourth-order valence-electron chi connectivity index (χ4n) is 2.63. The quantitative estimate of drug-likeness (QED) is 0.407. The van der Waals surface area contributed by atoms with E-state index in [0.29, 0.717) is 0 Å². The Bertz CT molecular complexity index is 901. The Morgan fingerprint density at radius 1 is 0.750 bits per heavy atom. The summed E-state index contributed by atoms with van der Waals surface area (Å²) >= 11 is 0. The van der Waals surface area contributed by atoms with E-state index in [1.165, 1.54) is 24.3 Å². The Labute approximate surface area is 131 Å². The van der Waals surface area contributed by atoms with Gasteiger partial charge in [-0.25, -0.2) is 0 Å². The summed E-state index contributed by atoms with van der Waals surface area (Å²) in [5.74, 6) is -4.56. The van der Waals surface area contributed by atoms with Crippen molar-refractivity contribution in [2.24, 2.45) is 0 Å². The van der Waals surface area contributed by atoms with E-state index < -0.39 is 55.4 Å². The number of benzene rings is 2. The molecular formula is C14H6N2O8. The van der Waals surface area contributed by atoms with Crippen LogP contribution in [0, 0.1) is 20.2 Å². The first-order valence-electron chi connectivity index (χ1n) is 6.36. The Morgan fingerprint density at radius 3 is 1.38 bits per heavy atom. The maximum atomic E-state index is 12.5. The van der Waals surface area contributed by atoms with Gasteiger partial charge in [-0.05, 0) is 0 Å².